The number of carbonyl (C=O) groups excluding carboxylic acids is 3. The zero-order valence-corrected chi connectivity index (χ0v) is 21.2. The molecule has 4 atom stereocenters. The number of carboxylic acid groups (broad SMARTS) is 1. The van der Waals surface area contributed by atoms with Crippen molar-refractivity contribution < 1.29 is 100.0 Å². The van der Waals surface area contributed by atoms with Gasteiger partial charge in [0.2, 0.25) is 22.2 Å². The number of carbonyl (C=O) groups is 3. The van der Waals surface area contributed by atoms with Crippen molar-refractivity contribution in [3.05, 3.63) is 22.2 Å². The van der Waals surface area contributed by atoms with Crippen LogP contribution >= 0.6 is 0 Å². The molecule has 1 fully saturated rings. The average molecular weight is 452 g/mol. The number of hydrogen-bond donors (Lipinski definition) is 1. The summed E-state index contributed by atoms with van der Waals surface area (Å²) in [6.07, 6.45) is -0.372. The van der Waals surface area contributed by atoms with Crippen molar-refractivity contribution in [2.75, 3.05) is 0 Å². The Morgan fingerprint density at radius 1 is 1.39 bits per heavy atom. The molecule has 0 aromatic carbocycles. The molecule has 0 aromatic rings. The number of nitrogens with zero attached hydrogens (tertiary/aromatic N) is 1. The van der Waals surface area contributed by atoms with Gasteiger partial charge in [-0.2, -0.15) is 0 Å². The SMILES string of the molecule is CC(=O)N/C=C/S(=O)C1=C(C(=O)[O-])N2C(=O)[C@@H](C(C)OS(=O)(=O)[O-])[C@H]2C1.[Na+].[Na+]. The molecule has 0 aromatic heterocycles. The minimum atomic E-state index is -5.05. The summed E-state index contributed by atoms with van der Waals surface area (Å²) in [5, 5.41) is 14.6. The van der Waals surface area contributed by atoms with E-state index in [0.717, 1.165) is 16.5 Å². The van der Waals surface area contributed by atoms with E-state index in [0.29, 0.717) is 0 Å². The summed E-state index contributed by atoms with van der Waals surface area (Å²) in [5.41, 5.74) is -0.570. The maximum absolute atomic E-state index is 12.3. The number of amides is 2. The van der Waals surface area contributed by atoms with Crippen LogP contribution in [0.3, 0.4) is 0 Å². The molecular weight excluding hydrogens is 438 g/mol. The third-order valence-electron chi connectivity index (χ3n) is 3.86. The van der Waals surface area contributed by atoms with Gasteiger partial charge in [-0.05, 0) is 6.92 Å². The number of β-lactam (4-membered cyclic amide) rings is 1. The molecule has 1 N–H and O–H groups in total. The molecule has 0 radical (unpaired) electrons. The summed E-state index contributed by atoms with van der Waals surface area (Å²) in [6.45, 7) is 2.41. The van der Waals surface area contributed by atoms with E-state index in [2.05, 4.69) is 9.50 Å². The van der Waals surface area contributed by atoms with Crippen LogP contribution in [0.15, 0.2) is 22.2 Å². The Morgan fingerprint density at radius 3 is 2.43 bits per heavy atom. The monoisotopic (exact) mass is 452 g/mol. The number of carboxylic acids is 1. The van der Waals surface area contributed by atoms with Gasteiger partial charge in [-0.1, -0.05) is 0 Å². The Kier molecular flexibility index (Phi) is 10.8. The molecule has 1 saturated heterocycles. The summed E-state index contributed by atoms with van der Waals surface area (Å²) in [5.74, 6) is -4.01. The van der Waals surface area contributed by atoms with Gasteiger partial charge >= 0.3 is 59.1 Å². The van der Waals surface area contributed by atoms with Crippen molar-refractivity contribution in [3.63, 3.8) is 0 Å². The fraction of sp³-hybridized carbons (Fsp3) is 0.462. The van der Waals surface area contributed by atoms with Crippen molar-refractivity contribution in [1.82, 2.24) is 10.2 Å². The zero-order chi connectivity index (χ0) is 19.8. The second-order valence-corrected chi connectivity index (χ2v) is 7.94. The van der Waals surface area contributed by atoms with Gasteiger partial charge in [-0.15, -0.1) is 0 Å². The molecule has 2 amide bonds. The Morgan fingerprint density at radius 2 is 1.96 bits per heavy atom. The molecule has 11 nitrogen and oxygen atoms in total. The van der Waals surface area contributed by atoms with Gasteiger partial charge < -0.3 is 24.7 Å². The molecule has 2 aliphatic rings. The first-order valence-electron chi connectivity index (χ1n) is 7.20. The fourth-order valence-electron chi connectivity index (χ4n) is 2.93. The van der Waals surface area contributed by atoms with E-state index in [1.54, 1.807) is 0 Å². The first-order chi connectivity index (χ1) is 11.9. The minimum absolute atomic E-state index is 0. The number of rotatable bonds is 7. The molecule has 144 valence electrons. The van der Waals surface area contributed by atoms with Gasteiger partial charge in [-0.3, -0.25) is 13.8 Å². The van der Waals surface area contributed by atoms with Gasteiger partial charge in [0.05, 0.1) is 40.5 Å². The molecule has 2 rings (SSSR count). The van der Waals surface area contributed by atoms with Crippen LogP contribution in [-0.4, -0.2) is 52.0 Å². The van der Waals surface area contributed by atoms with Crippen molar-refractivity contribution in [3.8, 4) is 0 Å². The third-order valence-corrected chi connectivity index (χ3v) is 5.63. The van der Waals surface area contributed by atoms with Crippen LogP contribution in [-0.2, 0) is 39.8 Å². The predicted molar refractivity (Wildman–Crippen MR) is 82.1 cm³/mol. The van der Waals surface area contributed by atoms with E-state index in [-0.39, 0.29) is 70.4 Å². The molecular formula is C13H14N2Na2O9S2. The molecule has 0 bridgehead atoms. The Balaban J connectivity index is 0.00000364. The van der Waals surface area contributed by atoms with Crippen molar-refractivity contribution in [1.29, 1.82) is 0 Å². The predicted octanol–water partition coefficient (Wildman–Crippen LogP) is -8.59. The molecule has 28 heavy (non-hydrogen) atoms. The Labute approximate surface area is 207 Å². The summed E-state index contributed by atoms with van der Waals surface area (Å²) in [4.78, 5) is 35.1. The molecule has 2 heterocycles. The van der Waals surface area contributed by atoms with Crippen LogP contribution in [0, 0.1) is 5.92 Å². The van der Waals surface area contributed by atoms with Gasteiger partial charge in [0.25, 0.3) is 0 Å². The van der Waals surface area contributed by atoms with E-state index in [1.165, 1.54) is 13.8 Å². The van der Waals surface area contributed by atoms with Crippen molar-refractivity contribution in [2.45, 2.75) is 32.4 Å². The van der Waals surface area contributed by atoms with Crippen LogP contribution in [0.1, 0.15) is 20.3 Å². The standard InChI is InChI=1S/C13H16N2O9S2.2Na/c1-6(24-26(21,22)23)10-8-5-9(25(20)4-3-14-7(2)16)11(13(18)19)15(8)12(10)17;;/h3-4,6,8,10H,5H2,1-2H3,(H,14,16)(H,18,19)(H,21,22,23);;/q;2*+1/p-2/b4-3+;;/t6?,8-,10+,25?;;/m1../s1. The molecule has 0 aliphatic carbocycles. The maximum atomic E-state index is 12.3. The topological polar surface area (TPSA) is 173 Å². The van der Waals surface area contributed by atoms with E-state index < -0.39 is 62.7 Å². The van der Waals surface area contributed by atoms with Crippen LogP contribution in [0.2, 0.25) is 0 Å². The number of nitrogens with one attached hydrogen (secondary N) is 1. The van der Waals surface area contributed by atoms with E-state index in [4.69, 9.17) is 0 Å². The van der Waals surface area contributed by atoms with Gasteiger partial charge in [0.1, 0.15) is 0 Å². The Bertz CT molecular complexity index is 856. The summed E-state index contributed by atoms with van der Waals surface area (Å²) >= 11 is 0. The first-order valence-corrected chi connectivity index (χ1v) is 9.74. The van der Waals surface area contributed by atoms with Crippen LogP contribution in [0.4, 0.5) is 0 Å². The molecule has 0 saturated carbocycles. The average Bonchev–Trinajstić information content (AvgIpc) is 2.80. The molecule has 0 spiro atoms. The van der Waals surface area contributed by atoms with Gasteiger partial charge in [0.15, 0.2) is 0 Å². The number of fused-ring (bicyclic) bond motifs is 1. The third kappa shape index (κ3) is 6.20. The van der Waals surface area contributed by atoms with E-state index in [1.807, 2.05) is 0 Å². The number of aliphatic carboxylic acids is 1. The largest absolute Gasteiger partial charge is 1.00 e. The van der Waals surface area contributed by atoms with Crippen molar-refractivity contribution in [2.24, 2.45) is 5.92 Å². The molecule has 2 unspecified atom stereocenters. The number of hydrogen-bond acceptors (Lipinski definition) is 9. The van der Waals surface area contributed by atoms with Gasteiger partial charge in [0, 0.05) is 29.9 Å². The summed E-state index contributed by atoms with van der Waals surface area (Å²) in [6, 6.07) is -0.819. The van der Waals surface area contributed by atoms with Crippen molar-refractivity contribution >= 4 is 39.0 Å². The minimum Gasteiger partial charge on any atom is -0.726 e. The second kappa shape index (κ2) is 10.8. The van der Waals surface area contributed by atoms with Gasteiger partial charge in [-0.25, -0.2) is 12.6 Å². The molecule has 2 aliphatic heterocycles. The first kappa shape index (κ1) is 27.9. The molecule has 15 heteroatoms. The quantitative estimate of drug-likeness (QED) is 0.170. The van der Waals surface area contributed by atoms with Crippen LogP contribution < -0.4 is 69.5 Å². The zero-order valence-electron chi connectivity index (χ0n) is 15.5. The van der Waals surface area contributed by atoms with Crippen LogP contribution in [0.5, 0.6) is 0 Å². The summed E-state index contributed by atoms with van der Waals surface area (Å²) < 4.78 is 48.6. The Hall–Kier alpha value is -0.0900. The maximum Gasteiger partial charge on any atom is 1.00 e. The van der Waals surface area contributed by atoms with E-state index in [9.17, 15) is 36.7 Å². The smallest absolute Gasteiger partial charge is 0.726 e. The normalized spacial score (nSPS) is 23.2. The second-order valence-electron chi connectivity index (χ2n) is 5.58. The van der Waals surface area contributed by atoms with E-state index >= 15 is 0 Å². The summed E-state index contributed by atoms with van der Waals surface area (Å²) in [7, 11) is -7.03. The van der Waals surface area contributed by atoms with Crippen LogP contribution in [0.25, 0.3) is 0 Å². The fourth-order valence-corrected chi connectivity index (χ4v) is 4.48.